The van der Waals surface area contributed by atoms with Gasteiger partial charge in [-0.05, 0) is 18.9 Å². The summed E-state index contributed by atoms with van der Waals surface area (Å²) in [4.78, 5) is 24.0. The molecule has 0 saturated heterocycles. The lowest BCUT2D eigenvalue weighted by molar-refractivity contribution is 0.0656. The lowest BCUT2D eigenvalue weighted by Crippen LogP contribution is -2.40. The van der Waals surface area contributed by atoms with Crippen LogP contribution in [0.2, 0.25) is 0 Å². The van der Waals surface area contributed by atoms with E-state index in [-0.39, 0.29) is 17.5 Å². The molecule has 0 aliphatic heterocycles. The van der Waals surface area contributed by atoms with Crippen LogP contribution in [0.5, 0.6) is 0 Å². The van der Waals surface area contributed by atoms with Crippen LogP contribution in [-0.4, -0.2) is 22.3 Å². The molecule has 7 heteroatoms. The summed E-state index contributed by atoms with van der Waals surface area (Å²) in [5.74, 6) is 0.242. The van der Waals surface area contributed by atoms with Crippen LogP contribution in [0, 0.1) is 11.3 Å². The average Bonchev–Trinajstić information content (AvgIpc) is 2.64. The molecule has 0 amide bonds. The number of nitrogens with zero attached hydrogens (tertiary/aromatic N) is 3. The highest BCUT2D eigenvalue weighted by atomic mass is 16.5. The molecule has 0 saturated carbocycles. The molecule has 132 valence electrons. The molecule has 1 aromatic heterocycles. The van der Waals surface area contributed by atoms with Crippen LogP contribution in [0.25, 0.3) is 0 Å². The molecule has 0 bridgehead atoms. The van der Waals surface area contributed by atoms with Gasteiger partial charge in [-0.15, -0.1) is 0 Å². The Balaban J connectivity index is 1.94. The topological polar surface area (TPSA) is 89.1 Å². The molecule has 0 fully saturated rings. The van der Waals surface area contributed by atoms with Gasteiger partial charge in [0.15, 0.2) is 5.56 Å². The first kappa shape index (κ1) is 18.5. The quantitative estimate of drug-likeness (QED) is 0.771. The molecular weight excluding hydrogens is 320 g/mol. The SMILES string of the molecule is CC(OCCCNc1c(C#N)c(=O)n(C)c(=O)n1C)c1ccccc1. The molecule has 1 aromatic carbocycles. The number of hydrogen-bond donors (Lipinski definition) is 1. The highest BCUT2D eigenvalue weighted by molar-refractivity contribution is 5.51. The van der Waals surface area contributed by atoms with Crippen molar-refractivity contribution < 1.29 is 4.74 Å². The first-order valence-electron chi connectivity index (χ1n) is 8.08. The van der Waals surface area contributed by atoms with Gasteiger partial charge in [0.1, 0.15) is 11.9 Å². The summed E-state index contributed by atoms with van der Waals surface area (Å²) in [6, 6.07) is 11.8. The highest BCUT2D eigenvalue weighted by Gasteiger charge is 2.14. The molecule has 1 unspecified atom stereocenters. The molecule has 1 N–H and O–H groups in total. The number of nitriles is 1. The van der Waals surface area contributed by atoms with Crippen LogP contribution >= 0.6 is 0 Å². The fraction of sp³-hybridized carbons (Fsp3) is 0.389. The molecule has 25 heavy (non-hydrogen) atoms. The molecular formula is C18H22N4O3. The summed E-state index contributed by atoms with van der Waals surface area (Å²) < 4.78 is 7.98. The first-order valence-corrected chi connectivity index (χ1v) is 8.08. The summed E-state index contributed by atoms with van der Waals surface area (Å²) in [5.41, 5.74) is -0.0261. The van der Waals surface area contributed by atoms with Gasteiger partial charge in [-0.25, -0.2) is 4.79 Å². The number of rotatable bonds is 7. The fourth-order valence-corrected chi connectivity index (χ4v) is 2.51. The Bertz CT molecular complexity index is 878. The van der Waals surface area contributed by atoms with Crippen molar-refractivity contribution in [3.05, 3.63) is 62.3 Å². The van der Waals surface area contributed by atoms with E-state index in [0.29, 0.717) is 19.6 Å². The van der Waals surface area contributed by atoms with Gasteiger partial charge in [-0.2, -0.15) is 5.26 Å². The van der Waals surface area contributed by atoms with Crippen LogP contribution in [0.4, 0.5) is 5.82 Å². The molecule has 2 rings (SSSR count). The molecule has 0 spiro atoms. The second-order valence-corrected chi connectivity index (χ2v) is 5.75. The molecule has 1 atom stereocenters. The van der Waals surface area contributed by atoms with E-state index in [1.807, 2.05) is 43.3 Å². The van der Waals surface area contributed by atoms with Gasteiger partial charge in [0, 0.05) is 27.2 Å². The number of aromatic nitrogens is 2. The largest absolute Gasteiger partial charge is 0.374 e. The summed E-state index contributed by atoms with van der Waals surface area (Å²) >= 11 is 0. The third-order valence-electron chi connectivity index (χ3n) is 4.03. The van der Waals surface area contributed by atoms with E-state index in [4.69, 9.17) is 4.74 Å². The van der Waals surface area contributed by atoms with E-state index in [1.54, 1.807) is 0 Å². The normalized spacial score (nSPS) is 11.8. The van der Waals surface area contributed by atoms with Crippen molar-refractivity contribution in [1.82, 2.24) is 9.13 Å². The maximum Gasteiger partial charge on any atom is 0.332 e. The van der Waals surface area contributed by atoms with Gasteiger partial charge < -0.3 is 10.1 Å². The maximum absolute atomic E-state index is 12.0. The fourth-order valence-electron chi connectivity index (χ4n) is 2.51. The second kappa shape index (κ2) is 8.31. The predicted octanol–water partition coefficient (Wildman–Crippen LogP) is 1.54. The number of nitrogens with one attached hydrogen (secondary N) is 1. The summed E-state index contributed by atoms with van der Waals surface area (Å²) in [5, 5.41) is 12.2. The van der Waals surface area contributed by atoms with Gasteiger partial charge >= 0.3 is 5.69 Å². The minimum atomic E-state index is -0.595. The Morgan fingerprint density at radius 1 is 1.20 bits per heavy atom. The van der Waals surface area contributed by atoms with Gasteiger partial charge in [0.2, 0.25) is 0 Å². The van der Waals surface area contributed by atoms with Crippen LogP contribution in [0.1, 0.15) is 30.6 Å². The molecule has 0 radical (unpaired) electrons. The summed E-state index contributed by atoms with van der Waals surface area (Å²) in [6.07, 6.45) is 0.662. The van der Waals surface area contributed by atoms with Crippen molar-refractivity contribution in [3.63, 3.8) is 0 Å². The predicted molar refractivity (Wildman–Crippen MR) is 95.6 cm³/mol. The Hall–Kier alpha value is -2.85. The van der Waals surface area contributed by atoms with Crippen molar-refractivity contribution in [2.24, 2.45) is 14.1 Å². The van der Waals surface area contributed by atoms with Crippen LogP contribution in [0.15, 0.2) is 39.9 Å². The van der Waals surface area contributed by atoms with Crippen molar-refractivity contribution in [1.29, 1.82) is 5.26 Å². The smallest absolute Gasteiger partial charge is 0.332 e. The number of anilines is 1. The van der Waals surface area contributed by atoms with E-state index in [0.717, 1.165) is 10.1 Å². The first-order chi connectivity index (χ1) is 12.0. The van der Waals surface area contributed by atoms with Crippen LogP contribution in [0.3, 0.4) is 0 Å². The van der Waals surface area contributed by atoms with Crippen LogP contribution < -0.4 is 16.6 Å². The van der Waals surface area contributed by atoms with Gasteiger partial charge in [0.25, 0.3) is 5.56 Å². The van der Waals surface area contributed by atoms with Crippen molar-refractivity contribution in [2.75, 3.05) is 18.5 Å². The summed E-state index contributed by atoms with van der Waals surface area (Å²) in [6.45, 7) is 2.99. The lowest BCUT2D eigenvalue weighted by atomic mass is 10.1. The lowest BCUT2D eigenvalue weighted by Gasteiger charge is -2.15. The molecule has 7 nitrogen and oxygen atoms in total. The van der Waals surface area contributed by atoms with Gasteiger partial charge in [-0.1, -0.05) is 30.3 Å². The standard InChI is InChI=1S/C18H22N4O3/c1-13(14-8-5-4-6-9-14)25-11-7-10-20-16-15(12-19)17(23)22(3)18(24)21(16)2/h4-6,8-9,13,20H,7,10-11H2,1-3H3. The Morgan fingerprint density at radius 3 is 2.52 bits per heavy atom. The maximum atomic E-state index is 12.0. The van der Waals surface area contributed by atoms with Gasteiger partial charge in [-0.3, -0.25) is 13.9 Å². The second-order valence-electron chi connectivity index (χ2n) is 5.75. The molecule has 0 aliphatic rings. The molecule has 1 heterocycles. The Morgan fingerprint density at radius 2 is 1.88 bits per heavy atom. The van der Waals surface area contributed by atoms with E-state index < -0.39 is 11.2 Å². The molecule has 0 aliphatic carbocycles. The third kappa shape index (κ3) is 4.17. The zero-order valence-corrected chi connectivity index (χ0v) is 14.7. The zero-order chi connectivity index (χ0) is 18.4. The van der Waals surface area contributed by atoms with Crippen molar-refractivity contribution >= 4 is 5.82 Å². The van der Waals surface area contributed by atoms with Crippen molar-refractivity contribution in [3.8, 4) is 6.07 Å². The van der Waals surface area contributed by atoms with Crippen molar-refractivity contribution in [2.45, 2.75) is 19.4 Å². The Kier molecular flexibility index (Phi) is 6.14. The van der Waals surface area contributed by atoms with Gasteiger partial charge in [0.05, 0.1) is 6.10 Å². The summed E-state index contributed by atoms with van der Waals surface area (Å²) in [7, 11) is 2.88. The minimum Gasteiger partial charge on any atom is -0.374 e. The highest BCUT2D eigenvalue weighted by Crippen LogP contribution is 2.16. The van der Waals surface area contributed by atoms with E-state index in [2.05, 4.69) is 5.32 Å². The number of ether oxygens (including phenoxy) is 1. The van der Waals surface area contributed by atoms with E-state index in [9.17, 15) is 14.9 Å². The van der Waals surface area contributed by atoms with Crippen LogP contribution in [-0.2, 0) is 18.8 Å². The molecule has 2 aromatic rings. The zero-order valence-electron chi connectivity index (χ0n) is 14.7. The monoisotopic (exact) mass is 342 g/mol. The number of benzene rings is 1. The Labute approximate surface area is 146 Å². The number of hydrogen-bond acceptors (Lipinski definition) is 5. The van der Waals surface area contributed by atoms with E-state index in [1.165, 1.54) is 18.7 Å². The average molecular weight is 342 g/mol. The minimum absolute atomic E-state index is 0.00996. The third-order valence-corrected chi connectivity index (χ3v) is 4.03. The van der Waals surface area contributed by atoms with E-state index >= 15 is 0 Å².